The number of carbonyl (C=O) groups is 1. The van der Waals surface area contributed by atoms with Crippen LogP contribution in [-0.2, 0) is 6.42 Å². The summed E-state index contributed by atoms with van der Waals surface area (Å²) in [6.07, 6.45) is 2.10. The number of alkyl halides is 3. The van der Waals surface area contributed by atoms with Gasteiger partial charge in [0.1, 0.15) is 5.82 Å². The average Bonchev–Trinajstić information content (AvgIpc) is 2.91. The maximum Gasteiger partial charge on any atom is 0.393 e. The zero-order chi connectivity index (χ0) is 31.2. The maximum absolute atomic E-state index is 12.8. The Hall–Kier alpha value is -4.13. The van der Waals surface area contributed by atoms with Crippen LogP contribution in [0.25, 0.3) is 11.1 Å². The summed E-state index contributed by atoms with van der Waals surface area (Å²) in [6.45, 7) is 12.1. The monoisotopic (exact) mass is 572 g/mol. The fourth-order valence-corrected chi connectivity index (χ4v) is 3.49. The molecule has 3 aromatic carbocycles. The van der Waals surface area contributed by atoms with E-state index in [1.54, 1.807) is 37.3 Å². The van der Waals surface area contributed by atoms with Gasteiger partial charge in [0, 0.05) is 11.1 Å². The van der Waals surface area contributed by atoms with Crippen molar-refractivity contribution < 1.29 is 31.1 Å². The standard InChI is InChI=1S/C19H21F3O.C9H8F2.C6H5F/c1-5-7-8-17(13(3)6-2)15-9-10-16(12-19(20,21)22)18(11-15)14(4)23;1-6(2)7-4-3-5-8(10)9(7)11;7-6-4-2-1-3-5-6/h5-11H,12H2,1-4H3;3-5H,1H2,2H3;1-5H/b7-5-,13-6+,17-8+;;. The van der Waals surface area contributed by atoms with Crippen LogP contribution >= 0.6 is 0 Å². The number of halogens is 6. The van der Waals surface area contributed by atoms with E-state index in [-0.39, 0.29) is 28.3 Å². The van der Waals surface area contributed by atoms with E-state index in [1.807, 2.05) is 45.1 Å². The molecule has 0 aromatic heterocycles. The van der Waals surface area contributed by atoms with Crippen LogP contribution in [0.4, 0.5) is 26.3 Å². The van der Waals surface area contributed by atoms with Crippen molar-refractivity contribution in [2.24, 2.45) is 0 Å². The lowest BCUT2D eigenvalue weighted by molar-refractivity contribution is -0.127. The first kappa shape index (κ1) is 34.9. The molecule has 0 aliphatic carbocycles. The lowest BCUT2D eigenvalue weighted by Crippen LogP contribution is -2.14. The number of benzene rings is 3. The second-order valence-corrected chi connectivity index (χ2v) is 8.98. The van der Waals surface area contributed by atoms with Gasteiger partial charge in [-0.25, -0.2) is 13.2 Å². The van der Waals surface area contributed by atoms with E-state index in [1.165, 1.54) is 37.3 Å². The molecule has 218 valence electrons. The first-order valence-corrected chi connectivity index (χ1v) is 12.7. The Bertz CT molecular complexity index is 1400. The van der Waals surface area contributed by atoms with Gasteiger partial charge in [0.25, 0.3) is 0 Å². The van der Waals surface area contributed by atoms with E-state index in [4.69, 9.17) is 0 Å². The van der Waals surface area contributed by atoms with Gasteiger partial charge in [0.2, 0.25) is 0 Å². The van der Waals surface area contributed by atoms with Crippen molar-refractivity contribution >= 4 is 16.9 Å². The predicted octanol–water partition coefficient (Wildman–Crippen LogP) is 10.7. The minimum atomic E-state index is -4.34. The van der Waals surface area contributed by atoms with Gasteiger partial charge in [0.15, 0.2) is 17.4 Å². The fraction of sp³-hybridized carbons (Fsp3) is 0.206. The zero-order valence-electron chi connectivity index (χ0n) is 23.8. The normalized spacial score (nSPS) is 11.8. The van der Waals surface area contributed by atoms with E-state index in [2.05, 4.69) is 6.58 Å². The minimum absolute atomic E-state index is 0.0114. The molecule has 0 fully saturated rings. The molecule has 0 saturated carbocycles. The first-order chi connectivity index (χ1) is 19.2. The number of hydrogen-bond acceptors (Lipinski definition) is 1. The fourth-order valence-electron chi connectivity index (χ4n) is 3.49. The molecular weight excluding hydrogens is 538 g/mol. The molecule has 0 aliphatic heterocycles. The molecule has 0 atom stereocenters. The summed E-state index contributed by atoms with van der Waals surface area (Å²) in [5.41, 5.74) is 3.50. The Morgan fingerprint density at radius 1 is 0.854 bits per heavy atom. The van der Waals surface area contributed by atoms with E-state index < -0.39 is 24.2 Å². The molecule has 0 unspecified atom stereocenters. The third kappa shape index (κ3) is 12.3. The highest BCUT2D eigenvalue weighted by molar-refractivity contribution is 5.97. The summed E-state index contributed by atoms with van der Waals surface area (Å²) < 4.78 is 75.2. The summed E-state index contributed by atoms with van der Waals surface area (Å²) in [5.74, 6) is -2.19. The van der Waals surface area contributed by atoms with Crippen LogP contribution in [0.15, 0.2) is 103 Å². The molecule has 7 heteroatoms. The molecule has 0 heterocycles. The molecule has 41 heavy (non-hydrogen) atoms. The van der Waals surface area contributed by atoms with Crippen LogP contribution in [0.3, 0.4) is 0 Å². The van der Waals surface area contributed by atoms with Crippen molar-refractivity contribution in [2.45, 2.75) is 47.2 Å². The Labute approximate surface area is 238 Å². The van der Waals surface area contributed by atoms with Crippen molar-refractivity contribution in [2.75, 3.05) is 0 Å². The molecule has 0 amide bonds. The lowest BCUT2D eigenvalue weighted by atomic mass is 9.92. The predicted molar refractivity (Wildman–Crippen MR) is 156 cm³/mol. The molecule has 0 N–H and O–H groups in total. The second-order valence-electron chi connectivity index (χ2n) is 8.98. The third-order valence-electron chi connectivity index (χ3n) is 5.65. The maximum atomic E-state index is 12.8. The van der Waals surface area contributed by atoms with Gasteiger partial charge in [-0.05, 0) is 86.7 Å². The second kappa shape index (κ2) is 16.9. The summed E-state index contributed by atoms with van der Waals surface area (Å²) in [6, 6.07) is 16.6. The lowest BCUT2D eigenvalue weighted by Gasteiger charge is -2.14. The zero-order valence-corrected chi connectivity index (χ0v) is 23.8. The molecule has 0 bridgehead atoms. The van der Waals surface area contributed by atoms with E-state index in [9.17, 15) is 31.1 Å². The number of ketones is 1. The molecule has 0 radical (unpaired) electrons. The number of hydrogen-bond donors (Lipinski definition) is 0. The van der Waals surface area contributed by atoms with Gasteiger partial charge in [-0.3, -0.25) is 4.79 Å². The van der Waals surface area contributed by atoms with Gasteiger partial charge in [-0.1, -0.05) is 73.3 Å². The highest BCUT2D eigenvalue weighted by Gasteiger charge is 2.29. The third-order valence-corrected chi connectivity index (χ3v) is 5.65. The Balaban J connectivity index is 0.000000379. The SMILES string of the molecule is C=C(C)c1cccc(F)c1F.C\C=C/C=C(\C(C)=C\C)c1ccc(CC(F)(F)F)c(C(C)=O)c1.Fc1ccccc1. The van der Waals surface area contributed by atoms with Crippen LogP contribution < -0.4 is 0 Å². The number of rotatable bonds is 6. The summed E-state index contributed by atoms with van der Waals surface area (Å²) in [5, 5.41) is 0. The molecule has 0 spiro atoms. The van der Waals surface area contributed by atoms with Crippen molar-refractivity contribution in [1.29, 1.82) is 0 Å². The van der Waals surface area contributed by atoms with Crippen LogP contribution in [0.5, 0.6) is 0 Å². The molecule has 0 aliphatic rings. The number of allylic oxidation sites excluding steroid dienone is 7. The summed E-state index contributed by atoms with van der Waals surface area (Å²) >= 11 is 0. The minimum Gasteiger partial charge on any atom is -0.295 e. The largest absolute Gasteiger partial charge is 0.393 e. The van der Waals surface area contributed by atoms with E-state index >= 15 is 0 Å². The molecule has 1 nitrogen and oxygen atoms in total. The number of Topliss-reactive ketones (excluding diaryl/α,β-unsaturated/α-hetero) is 1. The quantitative estimate of drug-likeness (QED) is 0.163. The van der Waals surface area contributed by atoms with Crippen molar-refractivity contribution in [1.82, 2.24) is 0 Å². The number of carbonyl (C=O) groups excluding carboxylic acids is 1. The summed E-state index contributed by atoms with van der Waals surface area (Å²) in [7, 11) is 0. The van der Waals surface area contributed by atoms with Crippen molar-refractivity contribution in [3.8, 4) is 0 Å². The Morgan fingerprint density at radius 3 is 1.93 bits per heavy atom. The average molecular weight is 573 g/mol. The molecular formula is C34H34F6O. The Kier molecular flexibility index (Phi) is 14.3. The topological polar surface area (TPSA) is 17.1 Å². The Morgan fingerprint density at radius 2 is 1.49 bits per heavy atom. The van der Waals surface area contributed by atoms with Gasteiger partial charge < -0.3 is 0 Å². The van der Waals surface area contributed by atoms with Crippen LogP contribution in [0, 0.1) is 17.5 Å². The van der Waals surface area contributed by atoms with Crippen molar-refractivity contribution in [3.63, 3.8) is 0 Å². The highest BCUT2D eigenvalue weighted by atomic mass is 19.4. The smallest absolute Gasteiger partial charge is 0.295 e. The van der Waals surface area contributed by atoms with Gasteiger partial charge in [-0.2, -0.15) is 13.2 Å². The highest BCUT2D eigenvalue weighted by Crippen LogP contribution is 2.29. The van der Waals surface area contributed by atoms with Crippen LogP contribution in [0.2, 0.25) is 0 Å². The first-order valence-electron chi connectivity index (χ1n) is 12.7. The molecule has 0 saturated heterocycles. The van der Waals surface area contributed by atoms with E-state index in [0.717, 1.165) is 22.8 Å². The summed E-state index contributed by atoms with van der Waals surface area (Å²) in [4.78, 5) is 11.8. The molecule has 3 aromatic rings. The van der Waals surface area contributed by atoms with Crippen LogP contribution in [-0.4, -0.2) is 12.0 Å². The van der Waals surface area contributed by atoms with Gasteiger partial charge >= 0.3 is 6.18 Å². The van der Waals surface area contributed by atoms with E-state index in [0.29, 0.717) is 5.57 Å². The van der Waals surface area contributed by atoms with Crippen LogP contribution in [0.1, 0.15) is 61.7 Å². The van der Waals surface area contributed by atoms with Gasteiger partial charge in [0.05, 0.1) is 6.42 Å². The van der Waals surface area contributed by atoms with Crippen molar-refractivity contribution in [3.05, 3.63) is 143 Å². The van der Waals surface area contributed by atoms with Gasteiger partial charge in [-0.15, -0.1) is 0 Å². The molecule has 3 rings (SSSR count).